The Balaban J connectivity index is 2.17. The van der Waals surface area contributed by atoms with Crippen molar-refractivity contribution in [2.75, 3.05) is 6.61 Å². The number of carbonyl (C=O) groups is 1. The Labute approximate surface area is 106 Å². The van der Waals surface area contributed by atoms with Gasteiger partial charge in [0.05, 0.1) is 30.3 Å². The summed E-state index contributed by atoms with van der Waals surface area (Å²) in [7, 11) is 0. The SMILES string of the molecule is CCOC(=O)CC(N)c1ccc2ccccc2n1. The highest BCUT2D eigenvalue weighted by Crippen LogP contribution is 2.17. The molecule has 4 nitrogen and oxygen atoms in total. The van der Waals surface area contributed by atoms with Gasteiger partial charge in [0.1, 0.15) is 0 Å². The Hall–Kier alpha value is -1.94. The highest BCUT2D eigenvalue weighted by Gasteiger charge is 2.13. The number of pyridine rings is 1. The number of nitrogens with zero attached hydrogens (tertiary/aromatic N) is 1. The van der Waals surface area contributed by atoms with Gasteiger partial charge >= 0.3 is 5.97 Å². The zero-order valence-electron chi connectivity index (χ0n) is 10.3. The maximum absolute atomic E-state index is 11.4. The number of hydrogen-bond acceptors (Lipinski definition) is 4. The molecule has 2 rings (SSSR count). The van der Waals surface area contributed by atoms with E-state index in [1.165, 1.54) is 0 Å². The molecule has 1 aromatic carbocycles. The van der Waals surface area contributed by atoms with Gasteiger partial charge in [0.15, 0.2) is 0 Å². The quantitative estimate of drug-likeness (QED) is 0.837. The van der Waals surface area contributed by atoms with Crippen molar-refractivity contribution < 1.29 is 9.53 Å². The van der Waals surface area contributed by atoms with Crippen molar-refractivity contribution in [1.29, 1.82) is 0 Å². The van der Waals surface area contributed by atoms with E-state index < -0.39 is 6.04 Å². The van der Waals surface area contributed by atoms with Gasteiger partial charge < -0.3 is 10.5 Å². The van der Waals surface area contributed by atoms with Crippen molar-refractivity contribution in [1.82, 2.24) is 4.98 Å². The minimum atomic E-state index is -0.423. The van der Waals surface area contributed by atoms with E-state index in [2.05, 4.69) is 4.98 Å². The van der Waals surface area contributed by atoms with Crippen molar-refractivity contribution in [2.24, 2.45) is 5.73 Å². The molecule has 0 radical (unpaired) electrons. The summed E-state index contributed by atoms with van der Waals surface area (Å²) in [4.78, 5) is 15.8. The predicted molar refractivity (Wildman–Crippen MR) is 69.9 cm³/mol. The number of esters is 1. The molecule has 1 atom stereocenters. The lowest BCUT2D eigenvalue weighted by Crippen LogP contribution is -2.18. The molecule has 4 heteroatoms. The number of carbonyl (C=O) groups excluding carboxylic acids is 1. The lowest BCUT2D eigenvalue weighted by atomic mass is 10.1. The molecule has 0 saturated carbocycles. The summed E-state index contributed by atoms with van der Waals surface area (Å²) in [5, 5.41) is 1.06. The average Bonchev–Trinajstić information content (AvgIpc) is 2.38. The van der Waals surface area contributed by atoms with E-state index in [1.807, 2.05) is 36.4 Å². The molecule has 1 aromatic heterocycles. The van der Waals surface area contributed by atoms with Crippen LogP contribution in [-0.2, 0) is 9.53 Å². The zero-order chi connectivity index (χ0) is 13.0. The molecule has 0 amide bonds. The van der Waals surface area contributed by atoms with Crippen LogP contribution in [0, 0.1) is 0 Å². The highest BCUT2D eigenvalue weighted by atomic mass is 16.5. The van der Waals surface area contributed by atoms with Crippen LogP contribution in [0.25, 0.3) is 10.9 Å². The van der Waals surface area contributed by atoms with Crippen LogP contribution in [0.2, 0.25) is 0 Å². The first-order valence-corrected chi connectivity index (χ1v) is 5.97. The van der Waals surface area contributed by atoms with Crippen LogP contribution >= 0.6 is 0 Å². The zero-order valence-corrected chi connectivity index (χ0v) is 10.3. The minimum absolute atomic E-state index is 0.152. The summed E-state index contributed by atoms with van der Waals surface area (Å²) in [6.07, 6.45) is 0.152. The third kappa shape index (κ3) is 2.84. The fraction of sp³-hybridized carbons (Fsp3) is 0.286. The number of fused-ring (bicyclic) bond motifs is 1. The summed E-state index contributed by atoms with van der Waals surface area (Å²) >= 11 is 0. The van der Waals surface area contributed by atoms with Gasteiger partial charge in [-0.1, -0.05) is 24.3 Å². The predicted octanol–water partition coefficient (Wildman–Crippen LogP) is 2.19. The second-order valence-electron chi connectivity index (χ2n) is 4.04. The third-order valence-corrected chi connectivity index (χ3v) is 2.69. The summed E-state index contributed by atoms with van der Waals surface area (Å²) in [5.74, 6) is -0.292. The van der Waals surface area contributed by atoms with Crippen molar-refractivity contribution >= 4 is 16.9 Å². The van der Waals surface area contributed by atoms with Gasteiger partial charge in [0.2, 0.25) is 0 Å². The molecule has 18 heavy (non-hydrogen) atoms. The lowest BCUT2D eigenvalue weighted by molar-refractivity contribution is -0.143. The van der Waals surface area contributed by atoms with E-state index in [0.29, 0.717) is 12.3 Å². The lowest BCUT2D eigenvalue weighted by Gasteiger charge is -2.11. The number of aromatic nitrogens is 1. The molecule has 2 aromatic rings. The molecule has 0 saturated heterocycles. The van der Waals surface area contributed by atoms with E-state index in [1.54, 1.807) is 6.92 Å². The largest absolute Gasteiger partial charge is 0.466 e. The van der Waals surface area contributed by atoms with E-state index in [-0.39, 0.29) is 12.4 Å². The first-order chi connectivity index (χ1) is 8.70. The standard InChI is InChI=1S/C14H16N2O2/c1-2-18-14(17)9-11(15)13-8-7-10-5-3-4-6-12(10)16-13/h3-8,11H,2,9,15H2,1H3. The maximum Gasteiger partial charge on any atom is 0.307 e. The molecule has 0 fully saturated rings. The Morgan fingerprint density at radius 3 is 2.89 bits per heavy atom. The van der Waals surface area contributed by atoms with Gasteiger partial charge in [-0.15, -0.1) is 0 Å². The first-order valence-electron chi connectivity index (χ1n) is 5.97. The highest BCUT2D eigenvalue weighted by molar-refractivity contribution is 5.78. The summed E-state index contributed by atoms with van der Waals surface area (Å²) in [6, 6.07) is 11.2. The molecule has 1 heterocycles. The fourth-order valence-corrected chi connectivity index (χ4v) is 1.79. The summed E-state index contributed by atoms with van der Waals surface area (Å²) < 4.78 is 4.87. The maximum atomic E-state index is 11.4. The molecule has 0 aliphatic carbocycles. The molecule has 0 spiro atoms. The molecule has 0 bridgehead atoms. The van der Waals surface area contributed by atoms with Crippen LogP contribution in [0.15, 0.2) is 36.4 Å². The van der Waals surface area contributed by atoms with Crippen molar-refractivity contribution in [3.63, 3.8) is 0 Å². The Morgan fingerprint density at radius 1 is 1.33 bits per heavy atom. The van der Waals surface area contributed by atoms with Crippen molar-refractivity contribution in [3.05, 3.63) is 42.1 Å². The van der Waals surface area contributed by atoms with Crippen LogP contribution in [0.5, 0.6) is 0 Å². The van der Waals surface area contributed by atoms with Crippen molar-refractivity contribution in [2.45, 2.75) is 19.4 Å². The van der Waals surface area contributed by atoms with Gasteiger partial charge in [-0.25, -0.2) is 0 Å². The van der Waals surface area contributed by atoms with Crippen LogP contribution in [0.3, 0.4) is 0 Å². The molecular formula is C14H16N2O2. The van der Waals surface area contributed by atoms with Crippen molar-refractivity contribution in [3.8, 4) is 0 Å². The van der Waals surface area contributed by atoms with Crippen LogP contribution in [-0.4, -0.2) is 17.6 Å². The molecule has 0 aliphatic heterocycles. The number of hydrogen-bond donors (Lipinski definition) is 1. The normalized spacial score (nSPS) is 12.3. The molecular weight excluding hydrogens is 228 g/mol. The van der Waals surface area contributed by atoms with E-state index in [0.717, 1.165) is 10.9 Å². The monoisotopic (exact) mass is 244 g/mol. The molecule has 2 N–H and O–H groups in total. The Kier molecular flexibility index (Phi) is 3.89. The van der Waals surface area contributed by atoms with Crippen LogP contribution < -0.4 is 5.73 Å². The topological polar surface area (TPSA) is 65.2 Å². The molecule has 0 aliphatic rings. The number of ether oxygens (including phenoxy) is 1. The van der Waals surface area contributed by atoms with Gasteiger partial charge in [-0.2, -0.15) is 0 Å². The average molecular weight is 244 g/mol. The number of nitrogens with two attached hydrogens (primary N) is 1. The summed E-state index contributed by atoms with van der Waals surface area (Å²) in [6.45, 7) is 2.15. The van der Waals surface area contributed by atoms with E-state index in [4.69, 9.17) is 10.5 Å². The van der Waals surface area contributed by atoms with Gasteiger partial charge in [-0.05, 0) is 19.1 Å². The molecule has 1 unspecified atom stereocenters. The third-order valence-electron chi connectivity index (χ3n) is 2.69. The molecule has 94 valence electrons. The van der Waals surface area contributed by atoms with Gasteiger partial charge in [0.25, 0.3) is 0 Å². The van der Waals surface area contributed by atoms with Gasteiger partial charge in [0, 0.05) is 5.39 Å². The number of rotatable bonds is 4. The number of benzene rings is 1. The van der Waals surface area contributed by atoms with E-state index >= 15 is 0 Å². The van der Waals surface area contributed by atoms with E-state index in [9.17, 15) is 4.79 Å². The van der Waals surface area contributed by atoms with Gasteiger partial charge in [-0.3, -0.25) is 9.78 Å². The Bertz CT molecular complexity index is 554. The Morgan fingerprint density at radius 2 is 2.11 bits per heavy atom. The summed E-state index contributed by atoms with van der Waals surface area (Å²) in [5.41, 5.74) is 7.55. The minimum Gasteiger partial charge on any atom is -0.466 e. The first kappa shape index (κ1) is 12.5. The smallest absolute Gasteiger partial charge is 0.307 e. The second-order valence-corrected chi connectivity index (χ2v) is 4.04. The fourth-order valence-electron chi connectivity index (χ4n) is 1.79. The van der Waals surface area contributed by atoms with Crippen LogP contribution in [0.4, 0.5) is 0 Å². The van der Waals surface area contributed by atoms with Crippen LogP contribution in [0.1, 0.15) is 25.1 Å². The number of para-hydroxylation sites is 1. The second kappa shape index (κ2) is 5.60.